The lowest BCUT2D eigenvalue weighted by atomic mass is 10.1. The van der Waals surface area contributed by atoms with Crippen molar-refractivity contribution >= 4 is 12.1 Å². The maximum Gasteiger partial charge on any atom is 0.407 e. The highest BCUT2D eigenvalue weighted by atomic mass is 16.5. The van der Waals surface area contributed by atoms with E-state index in [0.29, 0.717) is 5.57 Å². The average Bonchev–Trinajstić information content (AvgIpc) is 2.08. The zero-order valence-electron chi connectivity index (χ0n) is 7.48. The number of hydrogen-bond donors (Lipinski definition) is 1. The quantitative estimate of drug-likeness (QED) is 0.603. The van der Waals surface area contributed by atoms with Gasteiger partial charge in [0, 0.05) is 12.6 Å². The van der Waals surface area contributed by atoms with E-state index in [0.717, 1.165) is 4.90 Å². The molecule has 1 N–H and O–H groups in total. The van der Waals surface area contributed by atoms with E-state index < -0.39 is 6.09 Å². The van der Waals surface area contributed by atoms with E-state index in [1.165, 1.54) is 7.05 Å². The summed E-state index contributed by atoms with van der Waals surface area (Å²) >= 11 is 0. The molecule has 0 spiro atoms. The van der Waals surface area contributed by atoms with Gasteiger partial charge in [-0.25, -0.2) is 9.59 Å². The zero-order chi connectivity index (χ0) is 10.0. The third-order valence-corrected chi connectivity index (χ3v) is 1.95. The van der Waals surface area contributed by atoms with Crippen LogP contribution in [0.4, 0.5) is 4.79 Å². The number of rotatable bonds is 1. The molecule has 13 heavy (non-hydrogen) atoms. The number of likely N-dealkylation sites (N-methyl/N-ethyl adjacent to an activating group) is 1. The minimum atomic E-state index is -1.04. The summed E-state index contributed by atoms with van der Waals surface area (Å²) < 4.78 is 4.76. The van der Waals surface area contributed by atoms with Crippen molar-refractivity contribution in [2.75, 3.05) is 13.7 Å². The van der Waals surface area contributed by atoms with Crippen molar-refractivity contribution in [2.24, 2.45) is 0 Å². The molecule has 1 heterocycles. The fourth-order valence-electron chi connectivity index (χ4n) is 1.05. The molecule has 1 aliphatic heterocycles. The number of esters is 1. The normalized spacial score (nSPS) is 21.8. The number of hydrogen-bond acceptors (Lipinski definition) is 3. The van der Waals surface area contributed by atoms with E-state index in [2.05, 4.69) is 0 Å². The van der Waals surface area contributed by atoms with E-state index >= 15 is 0 Å². The van der Waals surface area contributed by atoms with Crippen LogP contribution < -0.4 is 0 Å². The fourth-order valence-corrected chi connectivity index (χ4v) is 1.05. The molecule has 5 heteroatoms. The van der Waals surface area contributed by atoms with Crippen LogP contribution in [0.1, 0.15) is 6.92 Å². The van der Waals surface area contributed by atoms with Crippen LogP contribution in [-0.2, 0) is 9.53 Å². The van der Waals surface area contributed by atoms with Crippen LogP contribution in [0.3, 0.4) is 0 Å². The Balaban J connectivity index is 2.74. The zero-order valence-corrected chi connectivity index (χ0v) is 7.48. The van der Waals surface area contributed by atoms with Crippen LogP contribution in [0.5, 0.6) is 0 Å². The summed E-state index contributed by atoms with van der Waals surface area (Å²) in [6.45, 7) is 1.70. The number of carbonyl (C=O) groups excluding carboxylic acids is 1. The van der Waals surface area contributed by atoms with E-state index in [-0.39, 0.29) is 18.6 Å². The van der Waals surface area contributed by atoms with Crippen LogP contribution in [-0.4, -0.2) is 41.8 Å². The van der Waals surface area contributed by atoms with E-state index in [1.807, 2.05) is 0 Å². The highest BCUT2D eigenvalue weighted by molar-refractivity contribution is 5.88. The van der Waals surface area contributed by atoms with Crippen molar-refractivity contribution in [1.82, 2.24) is 4.90 Å². The molecule has 0 aromatic rings. The fraction of sp³-hybridized carbons (Fsp3) is 0.500. The number of cyclic esters (lactones) is 1. The Morgan fingerprint density at radius 2 is 2.38 bits per heavy atom. The molecular formula is C8H11NO4. The molecule has 0 aliphatic carbocycles. The first kappa shape index (κ1) is 9.57. The molecule has 0 fully saturated rings. The molecule has 5 nitrogen and oxygen atoms in total. The summed E-state index contributed by atoms with van der Waals surface area (Å²) in [5.41, 5.74) is 0.448. The second-order valence-electron chi connectivity index (χ2n) is 2.91. The number of carboxylic acid groups (broad SMARTS) is 1. The van der Waals surface area contributed by atoms with Crippen molar-refractivity contribution in [3.05, 3.63) is 11.6 Å². The molecule has 0 saturated carbocycles. The van der Waals surface area contributed by atoms with Crippen molar-refractivity contribution in [3.63, 3.8) is 0 Å². The summed E-state index contributed by atoms with van der Waals surface area (Å²) in [5.74, 6) is -0.380. The van der Waals surface area contributed by atoms with Gasteiger partial charge in [0.15, 0.2) is 0 Å². The SMILES string of the molecule is CC1=C[C@@H](N(C)C(=O)O)COC1=O. The van der Waals surface area contributed by atoms with Gasteiger partial charge in [0.05, 0.1) is 6.04 Å². The first-order valence-corrected chi connectivity index (χ1v) is 3.83. The molecule has 1 aliphatic rings. The van der Waals surface area contributed by atoms with Crippen LogP contribution in [0.15, 0.2) is 11.6 Å². The van der Waals surface area contributed by atoms with Crippen molar-refractivity contribution in [3.8, 4) is 0 Å². The molecular weight excluding hydrogens is 174 g/mol. The highest BCUT2D eigenvalue weighted by Gasteiger charge is 2.24. The predicted octanol–water partition coefficient (Wildman–Crippen LogP) is 0.468. The van der Waals surface area contributed by atoms with Crippen molar-refractivity contribution in [2.45, 2.75) is 13.0 Å². The lowest BCUT2D eigenvalue weighted by Crippen LogP contribution is -2.41. The summed E-state index contributed by atoms with van der Waals surface area (Å²) in [7, 11) is 1.44. The molecule has 0 bridgehead atoms. The van der Waals surface area contributed by atoms with Gasteiger partial charge in [-0.1, -0.05) is 0 Å². The van der Waals surface area contributed by atoms with Gasteiger partial charge in [0.2, 0.25) is 0 Å². The van der Waals surface area contributed by atoms with Gasteiger partial charge in [-0.05, 0) is 13.0 Å². The first-order chi connectivity index (χ1) is 6.02. The lowest BCUT2D eigenvalue weighted by Gasteiger charge is -2.26. The van der Waals surface area contributed by atoms with E-state index in [4.69, 9.17) is 9.84 Å². The van der Waals surface area contributed by atoms with Gasteiger partial charge >= 0.3 is 12.1 Å². The lowest BCUT2D eigenvalue weighted by molar-refractivity contribution is -0.141. The predicted molar refractivity (Wildman–Crippen MR) is 44.3 cm³/mol. The second-order valence-corrected chi connectivity index (χ2v) is 2.91. The molecule has 0 aromatic heterocycles. The summed E-state index contributed by atoms with van der Waals surface area (Å²) in [5, 5.41) is 8.64. The number of amides is 1. The Bertz CT molecular complexity index is 271. The molecule has 1 amide bonds. The minimum absolute atomic E-state index is 0.0962. The van der Waals surface area contributed by atoms with Crippen LogP contribution in [0, 0.1) is 0 Å². The Kier molecular flexibility index (Phi) is 2.55. The standard InChI is InChI=1S/C8H11NO4/c1-5-3-6(4-13-7(5)10)9(2)8(11)12/h3,6H,4H2,1-2H3,(H,11,12)/t6-/m1/s1. The summed E-state index contributed by atoms with van der Waals surface area (Å²) in [4.78, 5) is 22.5. The molecule has 0 saturated heterocycles. The Labute approximate surface area is 75.6 Å². The molecule has 0 aromatic carbocycles. The van der Waals surface area contributed by atoms with Gasteiger partial charge < -0.3 is 14.7 Å². The Morgan fingerprint density at radius 3 is 2.85 bits per heavy atom. The topological polar surface area (TPSA) is 66.8 Å². The third kappa shape index (κ3) is 1.99. The minimum Gasteiger partial charge on any atom is -0.465 e. The first-order valence-electron chi connectivity index (χ1n) is 3.83. The van der Waals surface area contributed by atoms with Gasteiger partial charge in [0.1, 0.15) is 6.61 Å². The van der Waals surface area contributed by atoms with Crippen molar-refractivity contribution in [1.29, 1.82) is 0 Å². The van der Waals surface area contributed by atoms with Gasteiger partial charge in [-0.3, -0.25) is 0 Å². The van der Waals surface area contributed by atoms with Crippen LogP contribution >= 0.6 is 0 Å². The van der Waals surface area contributed by atoms with E-state index in [9.17, 15) is 9.59 Å². The Hall–Kier alpha value is -1.52. The van der Waals surface area contributed by atoms with Crippen LogP contribution in [0.2, 0.25) is 0 Å². The smallest absolute Gasteiger partial charge is 0.407 e. The monoisotopic (exact) mass is 185 g/mol. The molecule has 1 rings (SSSR count). The molecule has 0 radical (unpaired) electrons. The molecule has 0 unspecified atom stereocenters. The average molecular weight is 185 g/mol. The largest absolute Gasteiger partial charge is 0.465 e. The van der Waals surface area contributed by atoms with Crippen molar-refractivity contribution < 1.29 is 19.4 Å². The number of nitrogens with zero attached hydrogens (tertiary/aromatic N) is 1. The van der Waals surface area contributed by atoms with Gasteiger partial charge in [0.25, 0.3) is 0 Å². The number of ether oxygens (including phenoxy) is 1. The van der Waals surface area contributed by atoms with Gasteiger partial charge in [-0.15, -0.1) is 0 Å². The maximum atomic E-state index is 10.9. The Morgan fingerprint density at radius 1 is 1.77 bits per heavy atom. The highest BCUT2D eigenvalue weighted by Crippen LogP contribution is 2.11. The van der Waals surface area contributed by atoms with E-state index in [1.54, 1.807) is 13.0 Å². The maximum absolute atomic E-state index is 10.9. The summed E-state index contributed by atoms with van der Waals surface area (Å²) in [6, 6.07) is -0.366. The second kappa shape index (κ2) is 3.47. The number of carbonyl (C=O) groups is 2. The summed E-state index contributed by atoms with van der Waals surface area (Å²) in [6.07, 6.45) is 0.562. The molecule has 72 valence electrons. The van der Waals surface area contributed by atoms with Crippen LogP contribution in [0.25, 0.3) is 0 Å². The molecule has 1 atom stereocenters. The third-order valence-electron chi connectivity index (χ3n) is 1.95. The van der Waals surface area contributed by atoms with Gasteiger partial charge in [-0.2, -0.15) is 0 Å².